The first-order chi connectivity index (χ1) is 19.6. The molecule has 1 aromatic carbocycles. The molecular formula is C25H19F10N5O2. The number of alkyl halides is 8. The average Bonchev–Trinajstić information content (AvgIpc) is 2.90. The zero-order chi connectivity index (χ0) is 31.0. The Morgan fingerprint density at radius 1 is 1.05 bits per heavy atom. The molecule has 0 unspecified atom stereocenters. The average molecular weight is 611 g/mol. The summed E-state index contributed by atoms with van der Waals surface area (Å²) in [6.45, 7) is -0.554. The summed E-state index contributed by atoms with van der Waals surface area (Å²) in [7, 11) is 0. The van der Waals surface area contributed by atoms with Crippen molar-refractivity contribution in [3.05, 3.63) is 74.8 Å². The minimum Gasteiger partial charge on any atom is -0.354 e. The first-order valence-electron chi connectivity index (χ1n) is 12.1. The number of nitrogens with one attached hydrogen (secondary N) is 2. The summed E-state index contributed by atoms with van der Waals surface area (Å²) >= 11 is 0. The van der Waals surface area contributed by atoms with Crippen molar-refractivity contribution in [2.75, 3.05) is 18.0 Å². The lowest BCUT2D eigenvalue weighted by Gasteiger charge is -2.32. The van der Waals surface area contributed by atoms with Gasteiger partial charge in [-0.1, -0.05) is 6.07 Å². The summed E-state index contributed by atoms with van der Waals surface area (Å²) < 4.78 is 135. The molecule has 1 fully saturated rings. The molecule has 1 aliphatic rings. The van der Waals surface area contributed by atoms with E-state index in [4.69, 9.17) is 0 Å². The normalized spacial score (nSPS) is 14.9. The number of nitrogens with zero attached hydrogens (tertiary/aromatic N) is 3. The van der Waals surface area contributed by atoms with Gasteiger partial charge in [0.05, 0.1) is 16.7 Å². The maximum absolute atomic E-state index is 15.4. The van der Waals surface area contributed by atoms with Crippen LogP contribution in [0.1, 0.15) is 41.7 Å². The molecule has 0 bridgehead atoms. The van der Waals surface area contributed by atoms with E-state index >= 15 is 4.39 Å². The number of benzene rings is 1. The van der Waals surface area contributed by atoms with Gasteiger partial charge in [-0.15, -0.1) is 0 Å². The number of carbonyl (C=O) groups excluding carboxylic acids is 1. The highest BCUT2D eigenvalue weighted by Gasteiger charge is 2.37. The van der Waals surface area contributed by atoms with Gasteiger partial charge < -0.3 is 15.2 Å². The van der Waals surface area contributed by atoms with Crippen LogP contribution in [0.15, 0.2) is 35.3 Å². The summed E-state index contributed by atoms with van der Waals surface area (Å²) in [5.41, 5.74) is -7.02. The molecule has 4 rings (SSSR count). The van der Waals surface area contributed by atoms with Crippen LogP contribution < -0.4 is 15.8 Å². The van der Waals surface area contributed by atoms with E-state index in [1.807, 2.05) is 4.98 Å². The number of hydrogen-bond acceptors (Lipinski definition) is 5. The number of pyridine rings is 1. The third-order valence-electron chi connectivity index (χ3n) is 6.52. The lowest BCUT2D eigenvalue weighted by molar-refractivity contribution is -0.138. The van der Waals surface area contributed by atoms with Crippen molar-refractivity contribution in [1.82, 2.24) is 20.3 Å². The molecule has 1 saturated heterocycles. The maximum Gasteiger partial charge on any atom is 0.417 e. The van der Waals surface area contributed by atoms with Crippen LogP contribution in [0.25, 0.3) is 11.4 Å². The maximum atomic E-state index is 15.4. The number of H-pyrrole nitrogens is 1. The smallest absolute Gasteiger partial charge is 0.354 e. The van der Waals surface area contributed by atoms with Crippen molar-refractivity contribution >= 4 is 11.7 Å². The molecule has 3 heterocycles. The third kappa shape index (κ3) is 6.65. The Hall–Kier alpha value is -4.18. The van der Waals surface area contributed by atoms with Crippen LogP contribution in [0.4, 0.5) is 49.7 Å². The van der Waals surface area contributed by atoms with E-state index in [0.29, 0.717) is 24.4 Å². The van der Waals surface area contributed by atoms with Gasteiger partial charge in [0.1, 0.15) is 17.3 Å². The quantitative estimate of drug-likeness (QED) is 0.354. The summed E-state index contributed by atoms with van der Waals surface area (Å²) in [5, 5.41) is 2.37. The largest absolute Gasteiger partial charge is 0.417 e. The minimum atomic E-state index is -5.16. The van der Waals surface area contributed by atoms with Crippen molar-refractivity contribution in [2.45, 2.75) is 38.2 Å². The molecule has 0 atom stereocenters. The summed E-state index contributed by atoms with van der Waals surface area (Å²) in [6.07, 6.45) is -12.6. The van der Waals surface area contributed by atoms with E-state index in [-0.39, 0.29) is 31.7 Å². The van der Waals surface area contributed by atoms with Gasteiger partial charge in [-0.25, -0.2) is 27.5 Å². The van der Waals surface area contributed by atoms with Crippen molar-refractivity contribution in [3.63, 3.8) is 0 Å². The van der Waals surface area contributed by atoms with Gasteiger partial charge in [-0.2, -0.15) is 26.3 Å². The lowest BCUT2D eigenvalue weighted by Crippen LogP contribution is -2.41. The molecule has 226 valence electrons. The number of aromatic amines is 1. The van der Waals surface area contributed by atoms with E-state index in [2.05, 4.69) is 15.3 Å². The highest BCUT2D eigenvalue weighted by molar-refractivity contribution is 5.79. The van der Waals surface area contributed by atoms with Crippen LogP contribution in [0.5, 0.6) is 0 Å². The molecular weight excluding hydrogens is 592 g/mol. The number of rotatable bonds is 6. The summed E-state index contributed by atoms with van der Waals surface area (Å²) in [4.78, 5) is 34.5. The molecule has 3 aromatic rings. The molecule has 2 aromatic heterocycles. The SMILES string of the molecule is O=C(NCc1ccc(C(F)(F)F)c(-c2nc(C(F)F)cc(=O)[nH]2)c1F)C1CCN(c2ncc(C(F)(F)F)cc2F)CC1. The first-order valence-corrected chi connectivity index (χ1v) is 12.1. The Balaban J connectivity index is 1.48. The second-order valence-electron chi connectivity index (χ2n) is 9.28. The van der Waals surface area contributed by atoms with Crippen molar-refractivity contribution < 1.29 is 48.7 Å². The molecule has 1 amide bonds. The van der Waals surface area contributed by atoms with Crippen molar-refractivity contribution in [3.8, 4) is 11.4 Å². The van der Waals surface area contributed by atoms with Crippen molar-refractivity contribution in [2.24, 2.45) is 5.92 Å². The molecule has 0 radical (unpaired) electrons. The minimum absolute atomic E-state index is 0.0334. The van der Waals surface area contributed by atoms with Gasteiger partial charge in [-0.05, 0) is 25.0 Å². The van der Waals surface area contributed by atoms with Gasteiger partial charge in [0.15, 0.2) is 11.6 Å². The van der Waals surface area contributed by atoms with Crippen LogP contribution in [0.3, 0.4) is 0 Å². The van der Waals surface area contributed by atoms with Crippen LogP contribution >= 0.6 is 0 Å². The van der Waals surface area contributed by atoms with E-state index in [1.165, 1.54) is 4.90 Å². The monoisotopic (exact) mass is 611 g/mol. The number of hydrogen-bond donors (Lipinski definition) is 2. The molecule has 0 spiro atoms. The van der Waals surface area contributed by atoms with Crippen LogP contribution in [-0.2, 0) is 23.7 Å². The molecule has 17 heteroatoms. The fourth-order valence-corrected chi connectivity index (χ4v) is 4.43. The Morgan fingerprint density at radius 3 is 2.29 bits per heavy atom. The van der Waals surface area contributed by atoms with Gasteiger partial charge in [0.25, 0.3) is 12.0 Å². The standard InChI is InChI=1S/C25H19F10N5O2/c26-15-7-13(24(30,31)32)10-36-22(15)40-5-3-11(4-6-40)23(42)37-9-12-1-2-14(25(33,34)35)18(19(12)27)21-38-16(20(28)29)8-17(41)39-21/h1-2,7-8,10-11,20H,3-6,9H2,(H,37,42)(H,38,39,41). The number of aromatic nitrogens is 3. The Morgan fingerprint density at radius 2 is 1.71 bits per heavy atom. The molecule has 0 saturated carbocycles. The van der Waals surface area contributed by atoms with Crippen molar-refractivity contribution in [1.29, 1.82) is 0 Å². The van der Waals surface area contributed by atoms with Crippen LogP contribution in [0.2, 0.25) is 0 Å². The van der Waals surface area contributed by atoms with Crippen LogP contribution in [0, 0.1) is 17.6 Å². The predicted molar refractivity (Wildman–Crippen MR) is 126 cm³/mol. The Bertz CT molecular complexity index is 1530. The van der Waals surface area contributed by atoms with Gasteiger partial charge in [-0.3, -0.25) is 9.59 Å². The Kier molecular flexibility index (Phi) is 8.50. The molecule has 2 N–H and O–H groups in total. The molecule has 0 aliphatic carbocycles. The number of piperidine rings is 1. The zero-order valence-electron chi connectivity index (χ0n) is 21.0. The number of halogens is 10. The van der Waals surface area contributed by atoms with Gasteiger partial charge >= 0.3 is 12.4 Å². The molecule has 7 nitrogen and oxygen atoms in total. The summed E-state index contributed by atoms with van der Waals surface area (Å²) in [6, 6.07) is 1.86. The van der Waals surface area contributed by atoms with Crippen LogP contribution in [-0.4, -0.2) is 33.9 Å². The fourth-order valence-electron chi connectivity index (χ4n) is 4.43. The third-order valence-corrected chi connectivity index (χ3v) is 6.52. The van der Waals surface area contributed by atoms with Gasteiger partial charge in [0.2, 0.25) is 5.91 Å². The second-order valence-corrected chi connectivity index (χ2v) is 9.28. The predicted octanol–water partition coefficient (Wildman–Crippen LogP) is 5.62. The second kappa shape index (κ2) is 11.6. The number of amides is 1. The zero-order valence-corrected chi connectivity index (χ0v) is 21.0. The lowest BCUT2D eigenvalue weighted by atomic mass is 9.95. The topological polar surface area (TPSA) is 91.0 Å². The fraction of sp³-hybridized carbons (Fsp3) is 0.360. The summed E-state index contributed by atoms with van der Waals surface area (Å²) in [5.74, 6) is -5.51. The molecule has 42 heavy (non-hydrogen) atoms. The van der Waals surface area contributed by atoms with E-state index in [0.717, 1.165) is 6.07 Å². The van der Waals surface area contributed by atoms with E-state index in [1.54, 1.807) is 0 Å². The van der Waals surface area contributed by atoms with E-state index in [9.17, 15) is 49.1 Å². The van der Waals surface area contributed by atoms with E-state index < -0.39 is 88.1 Å². The van der Waals surface area contributed by atoms with Gasteiger partial charge in [0, 0.05) is 43.4 Å². The molecule has 1 aliphatic heterocycles. The number of carbonyl (C=O) groups is 1. The first kappa shape index (κ1) is 30.8. The highest BCUT2D eigenvalue weighted by Crippen LogP contribution is 2.39. The highest BCUT2D eigenvalue weighted by atomic mass is 19.4. The number of anilines is 1. The Labute approximate surface area is 229 Å².